The number of hydrogen-bond acceptors (Lipinski definition) is 4. The molecule has 2 aromatic carbocycles. The topological polar surface area (TPSA) is 76.5 Å². The van der Waals surface area contributed by atoms with Crippen LogP contribution in [0.15, 0.2) is 54.6 Å². The Balaban J connectivity index is 1.33. The molecule has 0 spiro atoms. The summed E-state index contributed by atoms with van der Waals surface area (Å²) in [5, 5.41) is 2.90. The molecule has 0 bridgehead atoms. The molecule has 1 fully saturated rings. The molecule has 1 aromatic heterocycles. The SMILES string of the molecule is O=C(COc1ccccc1)NCCc1nc2ccccc2n1CCC(=O)N1CCCCCC1. The fourth-order valence-corrected chi connectivity index (χ4v) is 4.28. The van der Waals surface area contributed by atoms with Gasteiger partial charge >= 0.3 is 0 Å². The zero-order valence-electron chi connectivity index (χ0n) is 19.0. The van der Waals surface area contributed by atoms with E-state index in [0.717, 1.165) is 42.8 Å². The maximum absolute atomic E-state index is 12.8. The average molecular weight is 449 g/mol. The number of rotatable bonds is 9. The molecule has 2 amide bonds. The number of imidazole rings is 1. The van der Waals surface area contributed by atoms with E-state index in [1.54, 1.807) is 0 Å². The van der Waals surface area contributed by atoms with Crippen molar-refractivity contribution in [2.24, 2.45) is 0 Å². The number of amides is 2. The smallest absolute Gasteiger partial charge is 0.257 e. The second-order valence-corrected chi connectivity index (χ2v) is 8.42. The van der Waals surface area contributed by atoms with E-state index in [2.05, 4.69) is 9.88 Å². The molecule has 2 heterocycles. The van der Waals surface area contributed by atoms with E-state index in [9.17, 15) is 9.59 Å². The highest BCUT2D eigenvalue weighted by atomic mass is 16.5. The Bertz CT molecular complexity index is 1060. The third-order valence-electron chi connectivity index (χ3n) is 6.03. The molecule has 0 radical (unpaired) electrons. The van der Waals surface area contributed by atoms with Gasteiger partial charge in [0.25, 0.3) is 5.91 Å². The van der Waals surface area contributed by atoms with Crippen molar-refractivity contribution < 1.29 is 14.3 Å². The van der Waals surface area contributed by atoms with Crippen molar-refractivity contribution in [3.63, 3.8) is 0 Å². The fraction of sp³-hybridized carbons (Fsp3) is 0.423. The van der Waals surface area contributed by atoms with Gasteiger partial charge in [-0.1, -0.05) is 43.2 Å². The first-order valence-corrected chi connectivity index (χ1v) is 11.9. The molecule has 1 aliphatic rings. The zero-order valence-corrected chi connectivity index (χ0v) is 19.0. The van der Waals surface area contributed by atoms with E-state index in [4.69, 9.17) is 9.72 Å². The molecule has 0 unspecified atom stereocenters. The predicted molar refractivity (Wildman–Crippen MR) is 128 cm³/mol. The fourth-order valence-electron chi connectivity index (χ4n) is 4.28. The van der Waals surface area contributed by atoms with Gasteiger partial charge in [0.05, 0.1) is 11.0 Å². The predicted octanol–water partition coefficient (Wildman–Crippen LogP) is 3.57. The number of carbonyl (C=O) groups excluding carboxylic acids is 2. The lowest BCUT2D eigenvalue weighted by Crippen LogP contribution is -2.33. The van der Waals surface area contributed by atoms with Crippen LogP contribution in [0.2, 0.25) is 0 Å². The molecule has 7 heteroatoms. The summed E-state index contributed by atoms with van der Waals surface area (Å²) in [7, 11) is 0. The maximum atomic E-state index is 12.8. The van der Waals surface area contributed by atoms with Crippen LogP contribution in [0, 0.1) is 0 Å². The van der Waals surface area contributed by atoms with Crippen LogP contribution in [0.25, 0.3) is 11.0 Å². The standard InChI is InChI=1S/C26H32N4O3/c31-25(20-33-21-10-4-3-5-11-21)27-16-14-24-28-22-12-6-7-13-23(22)30(24)19-15-26(32)29-17-8-1-2-9-18-29/h3-7,10-13H,1-2,8-9,14-20H2,(H,27,31). The van der Waals surface area contributed by atoms with Crippen LogP contribution >= 0.6 is 0 Å². The Kier molecular flexibility index (Phi) is 7.95. The van der Waals surface area contributed by atoms with Crippen molar-refractivity contribution in [3.8, 4) is 5.75 Å². The van der Waals surface area contributed by atoms with E-state index < -0.39 is 0 Å². The zero-order chi connectivity index (χ0) is 22.9. The molecule has 174 valence electrons. The van der Waals surface area contributed by atoms with Crippen molar-refractivity contribution in [1.82, 2.24) is 19.8 Å². The summed E-state index contributed by atoms with van der Waals surface area (Å²) in [4.78, 5) is 31.8. The van der Waals surface area contributed by atoms with Crippen LogP contribution in [0.5, 0.6) is 5.75 Å². The first-order chi connectivity index (χ1) is 16.2. The summed E-state index contributed by atoms with van der Waals surface area (Å²) >= 11 is 0. The van der Waals surface area contributed by atoms with E-state index in [1.165, 1.54) is 12.8 Å². The van der Waals surface area contributed by atoms with Gasteiger partial charge in [0.1, 0.15) is 11.6 Å². The van der Waals surface area contributed by atoms with Gasteiger partial charge in [-0.25, -0.2) is 4.98 Å². The van der Waals surface area contributed by atoms with Crippen molar-refractivity contribution >= 4 is 22.8 Å². The first kappa shape index (κ1) is 22.8. The minimum absolute atomic E-state index is 0.0230. The van der Waals surface area contributed by atoms with E-state index >= 15 is 0 Å². The van der Waals surface area contributed by atoms with E-state index in [0.29, 0.717) is 31.7 Å². The molecule has 4 rings (SSSR count). The van der Waals surface area contributed by atoms with Gasteiger partial charge in [-0.2, -0.15) is 0 Å². The highest BCUT2D eigenvalue weighted by molar-refractivity contribution is 5.78. The van der Waals surface area contributed by atoms with Gasteiger partial charge in [0.2, 0.25) is 5.91 Å². The number of aromatic nitrogens is 2. The number of carbonyl (C=O) groups is 2. The van der Waals surface area contributed by atoms with Crippen molar-refractivity contribution in [2.45, 2.75) is 45.1 Å². The lowest BCUT2D eigenvalue weighted by atomic mass is 10.2. The molecule has 1 aliphatic heterocycles. The Hall–Kier alpha value is -3.35. The van der Waals surface area contributed by atoms with Gasteiger partial charge in [-0.05, 0) is 37.1 Å². The number of nitrogens with one attached hydrogen (secondary N) is 1. The number of para-hydroxylation sites is 3. The van der Waals surface area contributed by atoms with Gasteiger partial charge in [0, 0.05) is 39.0 Å². The monoisotopic (exact) mass is 448 g/mol. The van der Waals surface area contributed by atoms with Crippen LogP contribution in [-0.2, 0) is 22.6 Å². The second kappa shape index (κ2) is 11.5. The van der Waals surface area contributed by atoms with Crippen LogP contribution in [0.3, 0.4) is 0 Å². The molecule has 33 heavy (non-hydrogen) atoms. The molecular weight excluding hydrogens is 416 g/mol. The van der Waals surface area contributed by atoms with Gasteiger partial charge in [-0.15, -0.1) is 0 Å². The molecule has 7 nitrogen and oxygen atoms in total. The summed E-state index contributed by atoms with van der Waals surface area (Å²) in [6.45, 7) is 2.77. The van der Waals surface area contributed by atoms with Crippen LogP contribution in [-0.4, -0.2) is 52.5 Å². The number of fused-ring (bicyclic) bond motifs is 1. The quantitative estimate of drug-likeness (QED) is 0.543. The Morgan fingerprint density at radius 2 is 1.67 bits per heavy atom. The third kappa shape index (κ3) is 6.34. The highest BCUT2D eigenvalue weighted by Gasteiger charge is 2.17. The van der Waals surface area contributed by atoms with Crippen LogP contribution in [0.4, 0.5) is 0 Å². The van der Waals surface area contributed by atoms with E-state index in [1.807, 2.05) is 59.5 Å². The average Bonchev–Trinajstić information content (AvgIpc) is 2.99. The molecular formula is C26H32N4O3. The second-order valence-electron chi connectivity index (χ2n) is 8.42. The molecule has 0 atom stereocenters. The summed E-state index contributed by atoms with van der Waals surface area (Å²) in [5.41, 5.74) is 1.93. The summed E-state index contributed by atoms with van der Waals surface area (Å²) in [6.07, 6.45) is 5.66. The highest BCUT2D eigenvalue weighted by Crippen LogP contribution is 2.18. The number of aryl methyl sites for hydroxylation is 1. The molecule has 0 saturated carbocycles. The number of nitrogens with zero attached hydrogens (tertiary/aromatic N) is 3. The lowest BCUT2D eigenvalue weighted by Gasteiger charge is -2.20. The number of benzene rings is 2. The van der Waals surface area contributed by atoms with Gasteiger partial charge in [0.15, 0.2) is 6.61 Å². The van der Waals surface area contributed by atoms with Crippen LogP contribution < -0.4 is 10.1 Å². The number of ether oxygens (including phenoxy) is 1. The van der Waals surface area contributed by atoms with Gasteiger partial charge < -0.3 is 19.5 Å². The molecule has 0 aliphatic carbocycles. The summed E-state index contributed by atoms with van der Waals surface area (Å²) < 4.78 is 7.62. The normalized spacial score (nSPS) is 14.1. The Labute approximate surface area is 194 Å². The lowest BCUT2D eigenvalue weighted by molar-refractivity contribution is -0.131. The summed E-state index contributed by atoms with van der Waals surface area (Å²) in [5.74, 6) is 1.59. The van der Waals surface area contributed by atoms with Gasteiger partial charge in [-0.3, -0.25) is 9.59 Å². The van der Waals surface area contributed by atoms with Crippen molar-refractivity contribution in [2.75, 3.05) is 26.2 Å². The first-order valence-electron chi connectivity index (χ1n) is 11.9. The molecule has 1 saturated heterocycles. The third-order valence-corrected chi connectivity index (χ3v) is 6.03. The van der Waals surface area contributed by atoms with Crippen molar-refractivity contribution in [3.05, 3.63) is 60.4 Å². The molecule has 3 aromatic rings. The minimum Gasteiger partial charge on any atom is -0.484 e. The van der Waals surface area contributed by atoms with Crippen LogP contribution in [0.1, 0.15) is 37.9 Å². The number of likely N-dealkylation sites (tertiary alicyclic amines) is 1. The number of hydrogen-bond donors (Lipinski definition) is 1. The van der Waals surface area contributed by atoms with E-state index in [-0.39, 0.29) is 18.4 Å². The Morgan fingerprint density at radius 1 is 0.939 bits per heavy atom. The van der Waals surface area contributed by atoms with Crippen molar-refractivity contribution in [1.29, 1.82) is 0 Å². The maximum Gasteiger partial charge on any atom is 0.257 e. The summed E-state index contributed by atoms with van der Waals surface area (Å²) in [6, 6.07) is 17.3. The minimum atomic E-state index is -0.169. The molecule has 1 N–H and O–H groups in total. The largest absolute Gasteiger partial charge is 0.484 e. The Morgan fingerprint density at radius 3 is 2.45 bits per heavy atom.